The molecule has 116 valence electrons. The Labute approximate surface area is 144 Å². The lowest BCUT2D eigenvalue weighted by Crippen LogP contribution is -1.91. The lowest BCUT2D eigenvalue weighted by atomic mass is 9.98. The molecule has 4 rings (SSSR count). The van der Waals surface area contributed by atoms with Crippen molar-refractivity contribution < 1.29 is 4.39 Å². The maximum absolute atomic E-state index is 14.4. The van der Waals surface area contributed by atoms with Gasteiger partial charge in [0.1, 0.15) is 5.82 Å². The zero-order valence-electron chi connectivity index (χ0n) is 12.7. The predicted octanol–water partition coefficient (Wildman–Crippen LogP) is 6.36. The summed E-state index contributed by atoms with van der Waals surface area (Å²) >= 11 is 6.15. The Balaban J connectivity index is 2.06. The Morgan fingerprint density at radius 3 is 2.29 bits per heavy atom. The fourth-order valence-corrected chi connectivity index (χ4v) is 3.03. The Kier molecular flexibility index (Phi) is 3.75. The van der Waals surface area contributed by atoms with Crippen molar-refractivity contribution in [2.45, 2.75) is 0 Å². The Morgan fingerprint density at radius 2 is 1.50 bits per heavy atom. The van der Waals surface area contributed by atoms with Crippen LogP contribution in [0.25, 0.3) is 33.3 Å². The summed E-state index contributed by atoms with van der Waals surface area (Å²) in [5.41, 5.74) is 3.93. The van der Waals surface area contributed by atoms with Crippen LogP contribution in [-0.4, -0.2) is 4.98 Å². The first-order valence-corrected chi connectivity index (χ1v) is 8.01. The highest BCUT2D eigenvalue weighted by Crippen LogP contribution is 2.34. The Bertz CT molecular complexity index is 1030. The van der Waals surface area contributed by atoms with Crippen LogP contribution >= 0.6 is 11.6 Å². The predicted molar refractivity (Wildman–Crippen MR) is 97.6 cm³/mol. The molecule has 0 aliphatic carbocycles. The number of benzene rings is 3. The van der Waals surface area contributed by atoms with Gasteiger partial charge in [-0.25, -0.2) is 9.37 Å². The van der Waals surface area contributed by atoms with Crippen molar-refractivity contribution in [1.29, 1.82) is 0 Å². The SMILES string of the molecule is Fc1ccccc1-c1cc(-c2ccccc2)nc2ccc(Cl)cc12. The van der Waals surface area contributed by atoms with Gasteiger partial charge in [0.2, 0.25) is 0 Å². The zero-order valence-corrected chi connectivity index (χ0v) is 13.5. The number of pyridine rings is 1. The molecule has 1 nitrogen and oxygen atoms in total. The molecule has 1 heterocycles. The van der Waals surface area contributed by atoms with Crippen molar-refractivity contribution >= 4 is 22.5 Å². The summed E-state index contributed by atoms with van der Waals surface area (Å²) in [6.07, 6.45) is 0. The van der Waals surface area contributed by atoms with Crippen LogP contribution in [0.15, 0.2) is 78.9 Å². The molecule has 0 unspecified atom stereocenters. The molecular formula is C21H13ClFN. The highest BCUT2D eigenvalue weighted by Gasteiger charge is 2.12. The van der Waals surface area contributed by atoms with Crippen molar-refractivity contribution in [3.8, 4) is 22.4 Å². The second-order valence-electron chi connectivity index (χ2n) is 5.56. The number of aromatic nitrogens is 1. The molecule has 0 amide bonds. The molecule has 0 fully saturated rings. The minimum Gasteiger partial charge on any atom is -0.248 e. The van der Waals surface area contributed by atoms with Crippen LogP contribution in [0.3, 0.4) is 0 Å². The quantitative estimate of drug-likeness (QED) is 0.416. The molecule has 0 saturated carbocycles. The van der Waals surface area contributed by atoms with Crippen molar-refractivity contribution in [3.63, 3.8) is 0 Å². The first-order valence-electron chi connectivity index (χ1n) is 7.63. The largest absolute Gasteiger partial charge is 0.248 e. The maximum Gasteiger partial charge on any atom is 0.131 e. The molecule has 0 saturated heterocycles. The van der Waals surface area contributed by atoms with E-state index in [4.69, 9.17) is 16.6 Å². The molecule has 0 aliphatic rings. The average Bonchev–Trinajstić information content (AvgIpc) is 2.62. The summed E-state index contributed by atoms with van der Waals surface area (Å²) in [6, 6.07) is 24.1. The Hall–Kier alpha value is -2.71. The fourth-order valence-electron chi connectivity index (χ4n) is 2.86. The molecular weight excluding hydrogens is 321 g/mol. The number of hydrogen-bond acceptors (Lipinski definition) is 1. The number of fused-ring (bicyclic) bond motifs is 1. The molecule has 3 heteroatoms. The van der Waals surface area contributed by atoms with E-state index in [2.05, 4.69) is 0 Å². The van der Waals surface area contributed by atoms with Gasteiger partial charge in [-0.15, -0.1) is 0 Å². The first-order chi connectivity index (χ1) is 11.7. The van der Waals surface area contributed by atoms with Gasteiger partial charge in [-0.2, -0.15) is 0 Å². The maximum atomic E-state index is 14.4. The molecule has 0 atom stereocenters. The van der Waals surface area contributed by atoms with E-state index in [0.717, 1.165) is 27.7 Å². The van der Waals surface area contributed by atoms with Gasteiger partial charge in [-0.05, 0) is 35.9 Å². The smallest absolute Gasteiger partial charge is 0.131 e. The molecule has 1 aromatic heterocycles. The first kappa shape index (κ1) is 14.9. The third-order valence-corrected chi connectivity index (χ3v) is 4.24. The van der Waals surface area contributed by atoms with Crippen LogP contribution in [0.2, 0.25) is 5.02 Å². The van der Waals surface area contributed by atoms with Crippen molar-refractivity contribution in [3.05, 3.63) is 89.7 Å². The van der Waals surface area contributed by atoms with E-state index >= 15 is 0 Å². The van der Waals surface area contributed by atoms with Gasteiger partial charge in [-0.1, -0.05) is 60.1 Å². The van der Waals surface area contributed by atoms with Crippen LogP contribution in [0.5, 0.6) is 0 Å². The summed E-state index contributed by atoms with van der Waals surface area (Å²) in [5.74, 6) is -0.260. The minimum absolute atomic E-state index is 0.260. The fraction of sp³-hybridized carbons (Fsp3) is 0. The van der Waals surface area contributed by atoms with E-state index in [0.29, 0.717) is 10.6 Å². The van der Waals surface area contributed by atoms with E-state index in [1.165, 1.54) is 6.07 Å². The van der Waals surface area contributed by atoms with Crippen LogP contribution in [0.1, 0.15) is 0 Å². The van der Waals surface area contributed by atoms with Crippen LogP contribution in [0.4, 0.5) is 4.39 Å². The molecule has 0 bridgehead atoms. The van der Waals surface area contributed by atoms with Gasteiger partial charge >= 0.3 is 0 Å². The topological polar surface area (TPSA) is 12.9 Å². The normalized spacial score (nSPS) is 10.9. The molecule has 0 radical (unpaired) electrons. The van der Waals surface area contributed by atoms with E-state index in [1.54, 1.807) is 18.2 Å². The molecule has 0 aliphatic heterocycles. The minimum atomic E-state index is -0.260. The monoisotopic (exact) mass is 333 g/mol. The third-order valence-electron chi connectivity index (χ3n) is 4.00. The lowest BCUT2D eigenvalue weighted by Gasteiger charge is -2.11. The summed E-state index contributed by atoms with van der Waals surface area (Å²) in [4.78, 5) is 4.72. The Morgan fingerprint density at radius 1 is 0.750 bits per heavy atom. The second-order valence-corrected chi connectivity index (χ2v) is 6.00. The van der Waals surface area contributed by atoms with Crippen LogP contribution in [-0.2, 0) is 0 Å². The van der Waals surface area contributed by atoms with Gasteiger partial charge in [-0.3, -0.25) is 0 Å². The van der Waals surface area contributed by atoms with Gasteiger partial charge in [0.25, 0.3) is 0 Å². The van der Waals surface area contributed by atoms with E-state index in [-0.39, 0.29) is 5.82 Å². The second kappa shape index (κ2) is 6.06. The van der Waals surface area contributed by atoms with Crippen LogP contribution in [0, 0.1) is 5.82 Å². The van der Waals surface area contributed by atoms with E-state index in [1.807, 2.05) is 54.6 Å². The highest BCUT2D eigenvalue weighted by molar-refractivity contribution is 6.31. The number of halogens is 2. The number of nitrogens with zero attached hydrogens (tertiary/aromatic N) is 1. The summed E-state index contributed by atoms with van der Waals surface area (Å²) < 4.78 is 14.4. The summed E-state index contributed by atoms with van der Waals surface area (Å²) in [6.45, 7) is 0. The van der Waals surface area contributed by atoms with E-state index in [9.17, 15) is 4.39 Å². The van der Waals surface area contributed by atoms with Crippen molar-refractivity contribution in [1.82, 2.24) is 4.98 Å². The lowest BCUT2D eigenvalue weighted by molar-refractivity contribution is 0.631. The zero-order chi connectivity index (χ0) is 16.5. The van der Waals surface area contributed by atoms with Crippen molar-refractivity contribution in [2.75, 3.05) is 0 Å². The highest BCUT2D eigenvalue weighted by atomic mass is 35.5. The summed E-state index contributed by atoms with van der Waals surface area (Å²) in [7, 11) is 0. The average molecular weight is 334 g/mol. The third kappa shape index (κ3) is 2.66. The molecule has 3 aromatic carbocycles. The molecule has 0 spiro atoms. The molecule has 0 N–H and O–H groups in total. The van der Waals surface area contributed by atoms with Gasteiger partial charge in [0.05, 0.1) is 11.2 Å². The summed E-state index contributed by atoms with van der Waals surface area (Å²) in [5, 5.41) is 1.45. The van der Waals surface area contributed by atoms with E-state index < -0.39 is 0 Å². The molecule has 24 heavy (non-hydrogen) atoms. The van der Waals surface area contributed by atoms with Gasteiger partial charge < -0.3 is 0 Å². The molecule has 4 aromatic rings. The number of rotatable bonds is 2. The van der Waals surface area contributed by atoms with Gasteiger partial charge in [0, 0.05) is 21.5 Å². The van der Waals surface area contributed by atoms with Crippen LogP contribution < -0.4 is 0 Å². The van der Waals surface area contributed by atoms with Crippen molar-refractivity contribution in [2.24, 2.45) is 0 Å². The number of hydrogen-bond donors (Lipinski definition) is 0. The van der Waals surface area contributed by atoms with Gasteiger partial charge in [0.15, 0.2) is 0 Å². The standard InChI is InChI=1S/C21H13ClFN/c22-15-10-11-20-18(12-15)17(16-8-4-5-9-19(16)23)13-21(24-20)14-6-2-1-3-7-14/h1-13H.